The molecule has 0 radical (unpaired) electrons. The molecule has 0 aliphatic rings. The first-order chi connectivity index (χ1) is 29.7. The Bertz CT molecular complexity index is 2770. The van der Waals surface area contributed by atoms with Gasteiger partial charge in [-0.25, -0.2) is 0 Å². The van der Waals surface area contributed by atoms with E-state index in [0.29, 0.717) is 77.0 Å². The number of carbonyl (C=O) groups excluding carboxylic acids is 4. The zero-order chi connectivity index (χ0) is 46.4. The average Bonchev–Trinajstić information content (AvgIpc) is 3.63. The number of aliphatic carboxylic acids is 2. The minimum absolute atomic E-state index is 0.0301. The molecule has 18 heteroatoms. The fourth-order valence-corrected chi connectivity index (χ4v) is 8.00. The minimum Gasteiger partial charge on any atom is -0.495 e. The molecular weight excluding hydrogens is 987 g/mol. The monoisotopic (exact) mass is 1030 g/mol. The highest BCUT2D eigenvalue weighted by Gasteiger charge is 2.26. The summed E-state index contributed by atoms with van der Waals surface area (Å²) < 4.78 is 15.4. The van der Waals surface area contributed by atoms with E-state index in [4.69, 9.17) is 42.9 Å². The second-order valence-electron chi connectivity index (χ2n) is 14.5. The summed E-state index contributed by atoms with van der Waals surface area (Å²) in [4.78, 5) is 73.8. The molecule has 0 bridgehead atoms. The number of fused-ring (bicyclic) bond motifs is 2. The molecule has 6 aromatic rings. The Labute approximate surface area is 388 Å². The molecule has 2 atom stereocenters. The molecule has 4 aromatic carbocycles. The van der Waals surface area contributed by atoms with Crippen molar-refractivity contribution in [3.05, 3.63) is 125 Å². The number of carbonyl (C=O) groups is 6. The highest BCUT2D eigenvalue weighted by molar-refractivity contribution is 9.10. The zero-order valence-corrected chi connectivity index (χ0v) is 39.5. The lowest BCUT2D eigenvalue weighted by molar-refractivity contribution is -0.141. The van der Waals surface area contributed by atoms with E-state index >= 15 is 0 Å². The number of methoxy groups -OCH3 is 2. The lowest BCUT2D eigenvalue weighted by Crippen LogP contribution is -2.39. The van der Waals surface area contributed by atoms with Crippen molar-refractivity contribution < 1.29 is 48.5 Å². The first kappa shape index (κ1) is 48.4. The summed E-state index contributed by atoms with van der Waals surface area (Å²) in [7, 11) is 2.97. The number of hydrogen-bond acceptors (Lipinski definition) is 8. The van der Waals surface area contributed by atoms with E-state index < -0.39 is 29.9 Å². The molecule has 0 saturated heterocycles. The number of rotatable bonds is 13. The van der Waals surface area contributed by atoms with Crippen molar-refractivity contribution in [2.75, 3.05) is 14.2 Å². The average molecular weight is 1030 g/mol. The molecule has 0 aliphatic heterocycles. The summed E-state index contributed by atoms with van der Waals surface area (Å²) in [6.07, 6.45) is -0.318. The normalized spacial score (nSPS) is 11.9. The third-order valence-electron chi connectivity index (χ3n) is 10.1. The fraction of sp³-hybridized carbons (Fsp3) is 0.244. The zero-order valence-electron chi connectivity index (χ0n) is 34.8. The molecule has 0 saturated carbocycles. The van der Waals surface area contributed by atoms with Crippen LogP contribution in [0.15, 0.2) is 81.7 Å². The van der Waals surface area contributed by atoms with Gasteiger partial charge in [-0.15, -0.1) is 0 Å². The van der Waals surface area contributed by atoms with E-state index in [1.165, 1.54) is 30.3 Å². The van der Waals surface area contributed by atoms with Gasteiger partial charge in [-0.1, -0.05) is 55.1 Å². The molecule has 4 N–H and O–H groups in total. The molecule has 2 heterocycles. The first-order valence-corrected chi connectivity index (χ1v) is 21.5. The predicted octanol–water partition coefficient (Wildman–Crippen LogP) is 8.78. The molecular formula is C45H42Br2Cl2N4O10. The van der Waals surface area contributed by atoms with Crippen LogP contribution in [0, 0.1) is 13.8 Å². The van der Waals surface area contributed by atoms with Crippen LogP contribution in [0.25, 0.3) is 21.8 Å². The number of halogens is 4. The van der Waals surface area contributed by atoms with Gasteiger partial charge in [-0.05, 0) is 112 Å². The van der Waals surface area contributed by atoms with Crippen LogP contribution in [0.4, 0.5) is 0 Å². The van der Waals surface area contributed by atoms with Crippen molar-refractivity contribution in [2.45, 2.75) is 59.0 Å². The quantitative estimate of drug-likeness (QED) is 0.0869. The Kier molecular flexibility index (Phi) is 15.9. The van der Waals surface area contributed by atoms with Gasteiger partial charge in [0.1, 0.15) is 17.5 Å². The maximum absolute atomic E-state index is 13.4. The number of ether oxygens (including phenoxy) is 2. The number of hydrogen-bond donors (Lipinski definition) is 4. The van der Waals surface area contributed by atoms with Crippen LogP contribution in [0.3, 0.4) is 0 Å². The smallest absolute Gasteiger partial charge is 0.325 e. The van der Waals surface area contributed by atoms with Crippen LogP contribution in [0.2, 0.25) is 10.0 Å². The highest BCUT2D eigenvalue weighted by atomic mass is 79.9. The number of carboxylic acid groups (broad SMARTS) is 2. The Morgan fingerprint density at radius 1 is 0.651 bits per heavy atom. The van der Waals surface area contributed by atoms with Gasteiger partial charge in [0.25, 0.3) is 11.8 Å². The number of nitrogens with zero attached hydrogens (tertiary/aromatic N) is 2. The maximum Gasteiger partial charge on any atom is 0.325 e. The van der Waals surface area contributed by atoms with Gasteiger partial charge in [0.05, 0.1) is 54.6 Å². The molecule has 14 nitrogen and oxygen atoms in total. The van der Waals surface area contributed by atoms with Gasteiger partial charge in [-0.3, -0.25) is 37.9 Å². The second kappa shape index (κ2) is 20.7. The van der Waals surface area contributed by atoms with E-state index in [0.717, 1.165) is 8.95 Å². The van der Waals surface area contributed by atoms with Crippen molar-refractivity contribution in [1.82, 2.24) is 19.8 Å². The third kappa shape index (κ3) is 11.1. The molecule has 2 amide bonds. The van der Waals surface area contributed by atoms with Crippen LogP contribution < -0.4 is 20.1 Å². The van der Waals surface area contributed by atoms with E-state index in [9.17, 15) is 28.8 Å². The second-order valence-corrected chi connectivity index (χ2v) is 17.1. The number of nitrogens with one attached hydrogen (secondary N) is 2. The van der Waals surface area contributed by atoms with Crippen LogP contribution in [0.1, 0.15) is 63.5 Å². The van der Waals surface area contributed by atoms with E-state index in [1.807, 2.05) is 0 Å². The highest BCUT2D eigenvalue weighted by Crippen LogP contribution is 2.37. The Balaban J connectivity index is 0.000000238. The van der Waals surface area contributed by atoms with Gasteiger partial charge < -0.3 is 30.3 Å². The van der Waals surface area contributed by atoms with Crippen LogP contribution >= 0.6 is 55.1 Å². The van der Waals surface area contributed by atoms with Crippen LogP contribution in [-0.2, 0) is 32.0 Å². The van der Waals surface area contributed by atoms with Crippen molar-refractivity contribution in [3.8, 4) is 11.5 Å². The molecule has 0 aliphatic carbocycles. The van der Waals surface area contributed by atoms with Crippen LogP contribution in [0.5, 0.6) is 11.5 Å². The summed E-state index contributed by atoms with van der Waals surface area (Å²) in [6.45, 7) is 6.51. The van der Waals surface area contributed by atoms with Gasteiger partial charge in [0.15, 0.2) is 0 Å². The topological polar surface area (TPSA) is 195 Å². The fourth-order valence-electron chi connectivity index (χ4n) is 7.00. The molecule has 2 unspecified atom stereocenters. The lowest BCUT2D eigenvalue weighted by atomic mass is 10.1. The van der Waals surface area contributed by atoms with E-state index in [2.05, 4.69) is 42.5 Å². The minimum atomic E-state index is -1.13. The van der Waals surface area contributed by atoms with Gasteiger partial charge in [0.2, 0.25) is 11.8 Å². The van der Waals surface area contributed by atoms with Gasteiger partial charge in [0, 0.05) is 48.3 Å². The summed E-state index contributed by atoms with van der Waals surface area (Å²) >= 11 is 19.4. The predicted molar refractivity (Wildman–Crippen MR) is 247 cm³/mol. The van der Waals surface area contributed by atoms with Crippen LogP contribution in [-0.4, -0.2) is 81.2 Å². The number of carboxylic acids is 2. The third-order valence-corrected chi connectivity index (χ3v) is 11.8. The molecule has 6 rings (SSSR count). The SMILES string of the molecule is COc1cc2c(CC(=O)NC(C)C(=O)O)c(C)n(C(=O)c3ccc(Br)cc3)c2cc1Cl.COc1cc2c(CC(=O)NC(C)CC(=O)O)c(C)n(C(=O)c3ccc(Br)cc3)c2cc1Cl. The van der Waals surface area contributed by atoms with E-state index in [-0.39, 0.29) is 37.0 Å². The summed E-state index contributed by atoms with van der Waals surface area (Å²) in [5, 5.41) is 25.1. The number of amides is 2. The van der Waals surface area contributed by atoms with Crippen molar-refractivity contribution in [1.29, 1.82) is 0 Å². The van der Waals surface area contributed by atoms with E-state index in [1.54, 1.807) is 93.6 Å². The summed E-state index contributed by atoms with van der Waals surface area (Å²) in [6, 6.07) is 19.0. The van der Waals surface area contributed by atoms with Gasteiger partial charge >= 0.3 is 11.9 Å². The Morgan fingerprint density at radius 2 is 1.03 bits per heavy atom. The molecule has 330 valence electrons. The standard InChI is InChI=1S/C23H22BrClN2O5.C22H20BrClN2O5/c1-12(8-22(29)30)26-21(28)10-16-13(2)27(23(31)14-4-6-15(24)7-5-14)19-11-18(25)20(32-3)9-17(16)19;1-11(22(29)30)25-20(27)9-15-12(2)26(21(28)13-4-6-14(23)7-5-13)18-10-17(24)19(31-3)8-16(15)18/h4-7,9,11-12H,8,10H2,1-3H3,(H,26,28)(H,29,30);4-8,10-11H,9H2,1-3H3,(H,25,27)(H,29,30). The molecule has 2 aromatic heterocycles. The Hall–Kier alpha value is -5.68. The Morgan fingerprint density at radius 3 is 1.38 bits per heavy atom. The summed E-state index contributed by atoms with van der Waals surface area (Å²) in [5.41, 5.74) is 4.42. The van der Waals surface area contributed by atoms with Crippen molar-refractivity contribution in [3.63, 3.8) is 0 Å². The number of benzene rings is 4. The number of aromatic nitrogens is 2. The maximum atomic E-state index is 13.4. The summed E-state index contributed by atoms with van der Waals surface area (Å²) in [5.74, 6) is -2.64. The van der Waals surface area contributed by atoms with Crippen molar-refractivity contribution >= 4 is 112 Å². The first-order valence-electron chi connectivity index (χ1n) is 19.1. The molecule has 0 spiro atoms. The molecule has 0 fully saturated rings. The largest absolute Gasteiger partial charge is 0.495 e. The van der Waals surface area contributed by atoms with Crippen molar-refractivity contribution in [2.24, 2.45) is 0 Å². The van der Waals surface area contributed by atoms with Gasteiger partial charge in [-0.2, -0.15) is 0 Å². The molecule has 63 heavy (non-hydrogen) atoms. The lowest BCUT2D eigenvalue weighted by Gasteiger charge is -2.12.